The van der Waals surface area contributed by atoms with E-state index in [-0.39, 0.29) is 5.28 Å². The third kappa shape index (κ3) is 4.41. The molecule has 0 N–H and O–H groups in total. The van der Waals surface area contributed by atoms with Gasteiger partial charge in [0.1, 0.15) is 5.82 Å². The van der Waals surface area contributed by atoms with E-state index in [1.807, 2.05) is 56.3 Å². The number of nitrogens with zero attached hydrogens (tertiary/aromatic N) is 6. The van der Waals surface area contributed by atoms with Gasteiger partial charge in [0, 0.05) is 18.3 Å². The normalized spacial score (nSPS) is 11.4. The van der Waals surface area contributed by atoms with Crippen LogP contribution >= 0.6 is 11.6 Å². The molecule has 0 atom stereocenters. The van der Waals surface area contributed by atoms with E-state index in [0.717, 1.165) is 16.8 Å². The smallest absolute Gasteiger partial charge is 0.246 e. The summed E-state index contributed by atoms with van der Waals surface area (Å²) in [5.74, 6) is 0.999. The molecule has 0 unspecified atom stereocenters. The van der Waals surface area contributed by atoms with E-state index < -0.39 is 0 Å². The van der Waals surface area contributed by atoms with Crippen molar-refractivity contribution in [1.29, 1.82) is 0 Å². The summed E-state index contributed by atoms with van der Waals surface area (Å²) in [5.41, 5.74) is 4.11. The monoisotopic (exact) mass is 406 g/mol. The first kappa shape index (κ1) is 19.0. The molecule has 3 aromatic heterocycles. The Morgan fingerprint density at radius 2 is 2.00 bits per heavy atom. The fourth-order valence-corrected chi connectivity index (χ4v) is 3.07. The number of aromatic nitrogens is 5. The van der Waals surface area contributed by atoms with Crippen molar-refractivity contribution >= 4 is 29.0 Å². The van der Waals surface area contributed by atoms with Crippen LogP contribution in [0.5, 0.6) is 5.88 Å². The van der Waals surface area contributed by atoms with E-state index in [9.17, 15) is 0 Å². The zero-order valence-electron chi connectivity index (χ0n) is 16.1. The molecule has 146 valence electrons. The van der Waals surface area contributed by atoms with Gasteiger partial charge in [-0.15, -0.1) is 0 Å². The predicted octanol–water partition coefficient (Wildman–Crippen LogP) is 4.00. The summed E-state index contributed by atoms with van der Waals surface area (Å²) in [6.07, 6.45) is 4.17. The van der Waals surface area contributed by atoms with Gasteiger partial charge in [-0.2, -0.15) is 19.7 Å². The molecule has 0 aliphatic heterocycles. The van der Waals surface area contributed by atoms with Crippen molar-refractivity contribution in [3.8, 4) is 5.88 Å². The Labute approximate surface area is 173 Å². The number of ether oxygens (including phenoxy) is 1. The van der Waals surface area contributed by atoms with Crippen LogP contribution in [0.2, 0.25) is 5.28 Å². The molecule has 0 aliphatic carbocycles. The molecular formula is C21H19ClN6O. The fourth-order valence-electron chi connectivity index (χ4n) is 2.92. The second-order valence-corrected chi connectivity index (χ2v) is 6.86. The topological polar surface area (TPSA) is 78.1 Å². The van der Waals surface area contributed by atoms with Crippen molar-refractivity contribution < 1.29 is 4.74 Å². The number of fused-ring (bicyclic) bond motifs is 1. The van der Waals surface area contributed by atoms with E-state index in [1.165, 1.54) is 0 Å². The lowest BCUT2D eigenvalue weighted by Gasteiger charge is -2.06. The molecule has 0 saturated carbocycles. The first-order valence-electron chi connectivity index (χ1n) is 9.16. The van der Waals surface area contributed by atoms with Gasteiger partial charge in [0.15, 0.2) is 11.2 Å². The minimum atomic E-state index is 0.0808. The Morgan fingerprint density at radius 3 is 2.79 bits per heavy atom. The molecule has 0 aliphatic rings. The third-order valence-electron chi connectivity index (χ3n) is 4.27. The number of rotatable bonds is 6. The van der Waals surface area contributed by atoms with Crippen LogP contribution in [0.1, 0.15) is 22.6 Å². The molecule has 0 saturated heterocycles. The average Bonchev–Trinajstić information content (AvgIpc) is 3.02. The summed E-state index contributed by atoms with van der Waals surface area (Å²) >= 11 is 6.13. The molecule has 0 fully saturated rings. The van der Waals surface area contributed by atoms with Crippen molar-refractivity contribution in [1.82, 2.24) is 24.6 Å². The minimum absolute atomic E-state index is 0.0808. The SMILES string of the molecule is Cc1cccc(/C=N/n2c(C)nc3c(OCCc4ccccn4)nc(Cl)nc32)c1. The summed E-state index contributed by atoms with van der Waals surface area (Å²) in [6, 6.07) is 13.8. The van der Waals surface area contributed by atoms with E-state index in [4.69, 9.17) is 16.3 Å². The van der Waals surface area contributed by atoms with Gasteiger partial charge in [-0.3, -0.25) is 4.98 Å². The number of halogens is 1. The zero-order valence-corrected chi connectivity index (χ0v) is 16.8. The summed E-state index contributed by atoms with van der Waals surface area (Å²) in [7, 11) is 0. The van der Waals surface area contributed by atoms with Crippen molar-refractivity contribution in [2.75, 3.05) is 6.61 Å². The van der Waals surface area contributed by atoms with Gasteiger partial charge in [-0.1, -0.05) is 35.9 Å². The molecule has 0 spiro atoms. The average molecular weight is 407 g/mol. The summed E-state index contributed by atoms with van der Waals surface area (Å²) in [4.78, 5) is 17.3. The molecular weight excluding hydrogens is 388 g/mol. The fraction of sp³-hybridized carbons (Fsp3) is 0.190. The van der Waals surface area contributed by atoms with Gasteiger partial charge in [0.2, 0.25) is 11.2 Å². The zero-order chi connectivity index (χ0) is 20.2. The lowest BCUT2D eigenvalue weighted by atomic mass is 10.2. The molecule has 0 bridgehead atoms. The number of benzene rings is 1. The Bertz CT molecular complexity index is 1170. The van der Waals surface area contributed by atoms with E-state index >= 15 is 0 Å². The highest BCUT2D eigenvalue weighted by Crippen LogP contribution is 2.24. The van der Waals surface area contributed by atoms with E-state index in [0.29, 0.717) is 35.9 Å². The number of imidazole rings is 1. The Morgan fingerprint density at radius 1 is 1.10 bits per heavy atom. The maximum Gasteiger partial charge on any atom is 0.246 e. The number of hydrogen-bond donors (Lipinski definition) is 0. The largest absolute Gasteiger partial charge is 0.476 e. The molecule has 4 aromatic rings. The van der Waals surface area contributed by atoms with Crippen LogP contribution in [0.4, 0.5) is 0 Å². The molecule has 0 radical (unpaired) electrons. The van der Waals surface area contributed by atoms with Crippen LogP contribution in [0, 0.1) is 13.8 Å². The second-order valence-electron chi connectivity index (χ2n) is 6.52. The van der Waals surface area contributed by atoms with Crippen molar-refractivity contribution in [3.63, 3.8) is 0 Å². The van der Waals surface area contributed by atoms with Crippen LogP contribution < -0.4 is 4.74 Å². The molecule has 7 nitrogen and oxygen atoms in total. The Kier molecular flexibility index (Phi) is 5.48. The molecule has 29 heavy (non-hydrogen) atoms. The minimum Gasteiger partial charge on any atom is -0.476 e. The first-order valence-corrected chi connectivity index (χ1v) is 9.54. The molecule has 1 aromatic carbocycles. The highest BCUT2D eigenvalue weighted by molar-refractivity contribution is 6.28. The highest BCUT2D eigenvalue weighted by atomic mass is 35.5. The van der Waals surface area contributed by atoms with Crippen LogP contribution in [-0.2, 0) is 6.42 Å². The third-order valence-corrected chi connectivity index (χ3v) is 4.44. The summed E-state index contributed by atoms with van der Waals surface area (Å²) < 4.78 is 7.48. The number of aryl methyl sites for hydroxylation is 2. The highest BCUT2D eigenvalue weighted by Gasteiger charge is 2.16. The lowest BCUT2D eigenvalue weighted by molar-refractivity contribution is 0.311. The Hall–Kier alpha value is -3.32. The van der Waals surface area contributed by atoms with Crippen LogP contribution in [-0.4, -0.2) is 37.4 Å². The molecule has 8 heteroatoms. The van der Waals surface area contributed by atoms with Gasteiger partial charge in [0.05, 0.1) is 12.8 Å². The van der Waals surface area contributed by atoms with Crippen LogP contribution in [0.3, 0.4) is 0 Å². The molecule has 3 heterocycles. The van der Waals surface area contributed by atoms with Gasteiger partial charge in [-0.25, -0.2) is 4.98 Å². The van der Waals surface area contributed by atoms with Gasteiger partial charge >= 0.3 is 0 Å². The van der Waals surface area contributed by atoms with Crippen LogP contribution in [0.25, 0.3) is 11.2 Å². The lowest BCUT2D eigenvalue weighted by Crippen LogP contribution is -2.05. The molecule has 0 amide bonds. The maximum absolute atomic E-state index is 6.13. The summed E-state index contributed by atoms with van der Waals surface area (Å²) in [5, 5.41) is 4.61. The standard InChI is InChI=1S/C21H19ClN6O/c1-14-6-5-7-16(12-14)13-24-28-15(2)25-18-19(28)26-21(22)27-20(18)29-11-9-17-8-3-4-10-23-17/h3-8,10,12-13H,9,11H2,1-2H3/b24-13+. The number of pyridine rings is 1. The Balaban J connectivity index is 1.61. The van der Waals surface area contributed by atoms with Crippen molar-refractivity contribution in [3.05, 3.63) is 76.6 Å². The van der Waals surface area contributed by atoms with Crippen molar-refractivity contribution in [2.24, 2.45) is 5.10 Å². The van der Waals surface area contributed by atoms with Gasteiger partial charge < -0.3 is 4.74 Å². The predicted molar refractivity (Wildman–Crippen MR) is 113 cm³/mol. The quantitative estimate of drug-likeness (QED) is 0.357. The summed E-state index contributed by atoms with van der Waals surface area (Å²) in [6.45, 7) is 4.29. The van der Waals surface area contributed by atoms with E-state index in [1.54, 1.807) is 17.1 Å². The van der Waals surface area contributed by atoms with Gasteiger partial charge in [0.25, 0.3) is 0 Å². The van der Waals surface area contributed by atoms with Crippen molar-refractivity contribution in [2.45, 2.75) is 20.3 Å². The van der Waals surface area contributed by atoms with Gasteiger partial charge in [-0.05, 0) is 43.1 Å². The second kappa shape index (κ2) is 8.36. The molecule has 4 rings (SSSR count). The van der Waals surface area contributed by atoms with Crippen LogP contribution in [0.15, 0.2) is 53.8 Å². The maximum atomic E-state index is 6.13. The number of hydrogen-bond acceptors (Lipinski definition) is 6. The first-order chi connectivity index (χ1) is 14.1. The van der Waals surface area contributed by atoms with E-state index in [2.05, 4.69) is 25.0 Å².